The van der Waals surface area contributed by atoms with Gasteiger partial charge in [0, 0.05) is 18.3 Å². The van der Waals surface area contributed by atoms with Gasteiger partial charge >= 0.3 is 5.97 Å². The Bertz CT molecular complexity index is 1110. The van der Waals surface area contributed by atoms with Gasteiger partial charge in [0.05, 0.1) is 17.9 Å². The summed E-state index contributed by atoms with van der Waals surface area (Å²) < 4.78 is 7.18. The zero-order chi connectivity index (χ0) is 22.5. The van der Waals surface area contributed by atoms with Crippen molar-refractivity contribution in [3.8, 4) is 0 Å². The van der Waals surface area contributed by atoms with Gasteiger partial charge in [-0.05, 0) is 43.7 Å². The van der Waals surface area contributed by atoms with Crippen molar-refractivity contribution in [2.45, 2.75) is 44.2 Å². The summed E-state index contributed by atoms with van der Waals surface area (Å²) in [5, 5.41) is 12.7. The lowest BCUT2D eigenvalue weighted by molar-refractivity contribution is -0.113. The number of carbonyl (C=O) groups is 2. The van der Waals surface area contributed by atoms with Gasteiger partial charge in [-0.25, -0.2) is 4.79 Å². The van der Waals surface area contributed by atoms with E-state index in [1.807, 2.05) is 29.8 Å². The molecule has 0 spiro atoms. The molecule has 1 aliphatic carbocycles. The number of anilines is 1. The van der Waals surface area contributed by atoms with Crippen molar-refractivity contribution in [1.82, 2.24) is 14.8 Å². The maximum atomic E-state index is 12.7. The van der Waals surface area contributed by atoms with Gasteiger partial charge in [-0.1, -0.05) is 42.1 Å². The van der Waals surface area contributed by atoms with E-state index in [0.29, 0.717) is 28.7 Å². The van der Waals surface area contributed by atoms with E-state index in [-0.39, 0.29) is 17.6 Å². The molecule has 0 radical (unpaired) electrons. The first-order valence-corrected chi connectivity index (χ1v) is 12.5. The summed E-state index contributed by atoms with van der Waals surface area (Å²) in [5.74, 6) is 0.498. The van der Waals surface area contributed by atoms with Gasteiger partial charge in [-0.2, -0.15) is 0 Å². The van der Waals surface area contributed by atoms with Crippen LogP contribution < -0.4 is 5.32 Å². The summed E-state index contributed by atoms with van der Waals surface area (Å²) >= 11 is 2.83. The third kappa shape index (κ3) is 5.05. The number of hydrogen-bond acceptors (Lipinski definition) is 7. The third-order valence-electron chi connectivity index (χ3n) is 5.37. The molecule has 1 amide bonds. The fourth-order valence-electron chi connectivity index (χ4n) is 3.77. The molecule has 1 aromatic carbocycles. The van der Waals surface area contributed by atoms with Crippen molar-refractivity contribution in [1.29, 1.82) is 0 Å². The second-order valence-corrected chi connectivity index (χ2v) is 9.64. The normalized spacial score (nSPS) is 12.9. The second-order valence-electron chi connectivity index (χ2n) is 7.59. The molecular weight excluding hydrogens is 444 g/mol. The molecule has 3 aromatic rings. The van der Waals surface area contributed by atoms with E-state index in [4.69, 9.17) is 4.74 Å². The Morgan fingerprint density at radius 1 is 1.19 bits per heavy atom. The average Bonchev–Trinajstić information content (AvgIpc) is 3.33. The minimum absolute atomic E-state index is 0.174. The quantitative estimate of drug-likeness (QED) is 0.391. The van der Waals surface area contributed by atoms with Crippen molar-refractivity contribution < 1.29 is 14.3 Å². The van der Waals surface area contributed by atoms with E-state index in [2.05, 4.69) is 27.6 Å². The lowest BCUT2D eigenvalue weighted by Gasteiger charge is -2.12. The Hall–Kier alpha value is -2.65. The van der Waals surface area contributed by atoms with Crippen LogP contribution in [-0.4, -0.2) is 39.0 Å². The highest BCUT2D eigenvalue weighted by Crippen LogP contribution is 2.38. The van der Waals surface area contributed by atoms with Gasteiger partial charge in [0.25, 0.3) is 0 Å². The number of aromatic nitrogens is 3. The smallest absolute Gasteiger partial charge is 0.341 e. The number of hydrogen-bond donors (Lipinski definition) is 1. The molecule has 0 aliphatic heterocycles. The van der Waals surface area contributed by atoms with Crippen LogP contribution in [0.3, 0.4) is 0 Å². The van der Waals surface area contributed by atoms with Crippen LogP contribution in [0.2, 0.25) is 0 Å². The van der Waals surface area contributed by atoms with E-state index in [1.165, 1.54) is 28.0 Å². The van der Waals surface area contributed by atoms with Crippen LogP contribution in [0.4, 0.5) is 5.00 Å². The number of carbonyl (C=O) groups excluding carboxylic acids is 2. The van der Waals surface area contributed by atoms with Crippen molar-refractivity contribution in [2.75, 3.05) is 17.7 Å². The number of nitrogens with one attached hydrogen (secondary N) is 1. The number of thioether (sulfide) groups is 1. The molecule has 7 nitrogen and oxygen atoms in total. The topological polar surface area (TPSA) is 86.1 Å². The number of aryl methyl sites for hydroxylation is 1. The SMILES string of the molecule is CCOC(=O)c1c(NC(=O)CSc2nnc(Cc3ccccc3)n2C)sc2c1CCCC2. The van der Waals surface area contributed by atoms with Gasteiger partial charge < -0.3 is 14.6 Å². The van der Waals surface area contributed by atoms with Crippen LogP contribution in [0.25, 0.3) is 0 Å². The van der Waals surface area contributed by atoms with Crippen LogP contribution in [-0.2, 0) is 35.8 Å². The Kier molecular flexibility index (Phi) is 7.26. The minimum atomic E-state index is -0.353. The summed E-state index contributed by atoms with van der Waals surface area (Å²) in [6.07, 6.45) is 4.64. The summed E-state index contributed by atoms with van der Waals surface area (Å²) in [5.41, 5.74) is 2.74. The van der Waals surface area contributed by atoms with Crippen molar-refractivity contribution in [3.63, 3.8) is 0 Å². The van der Waals surface area contributed by atoms with Gasteiger partial charge in [-0.3, -0.25) is 4.79 Å². The van der Waals surface area contributed by atoms with Crippen molar-refractivity contribution in [2.24, 2.45) is 7.05 Å². The molecule has 168 valence electrons. The first-order valence-electron chi connectivity index (χ1n) is 10.7. The molecule has 0 atom stereocenters. The molecule has 1 aliphatic rings. The largest absolute Gasteiger partial charge is 0.462 e. The molecule has 32 heavy (non-hydrogen) atoms. The predicted octanol–water partition coefficient (Wildman–Crippen LogP) is 4.25. The summed E-state index contributed by atoms with van der Waals surface area (Å²) in [7, 11) is 1.91. The molecule has 0 bridgehead atoms. The average molecular weight is 471 g/mol. The van der Waals surface area contributed by atoms with Crippen LogP contribution in [0, 0.1) is 0 Å². The van der Waals surface area contributed by atoms with Crippen molar-refractivity contribution >= 4 is 40.0 Å². The number of nitrogens with zero attached hydrogens (tertiary/aromatic N) is 3. The second kappa shape index (κ2) is 10.3. The lowest BCUT2D eigenvalue weighted by Crippen LogP contribution is -2.17. The molecular formula is C23H26N4O3S2. The monoisotopic (exact) mass is 470 g/mol. The maximum absolute atomic E-state index is 12.7. The number of ether oxygens (including phenoxy) is 1. The van der Waals surface area contributed by atoms with E-state index < -0.39 is 0 Å². The number of fused-ring (bicyclic) bond motifs is 1. The van der Waals surface area contributed by atoms with E-state index in [1.54, 1.807) is 6.92 Å². The molecule has 0 saturated heterocycles. The number of benzene rings is 1. The number of esters is 1. The molecule has 2 aromatic heterocycles. The van der Waals surface area contributed by atoms with E-state index in [0.717, 1.165) is 42.6 Å². The Morgan fingerprint density at radius 2 is 1.97 bits per heavy atom. The lowest BCUT2D eigenvalue weighted by atomic mass is 9.95. The highest BCUT2D eigenvalue weighted by molar-refractivity contribution is 7.99. The summed E-state index contributed by atoms with van der Waals surface area (Å²) in [6, 6.07) is 10.1. The predicted molar refractivity (Wildman–Crippen MR) is 127 cm³/mol. The Labute approximate surface area is 195 Å². The molecule has 1 N–H and O–H groups in total. The fourth-order valence-corrected chi connectivity index (χ4v) is 5.79. The van der Waals surface area contributed by atoms with Crippen LogP contribution in [0.15, 0.2) is 35.5 Å². The standard InChI is InChI=1S/C23H26N4O3S2/c1-3-30-22(29)20-16-11-7-8-12-17(16)32-21(20)24-19(28)14-31-23-26-25-18(27(23)2)13-15-9-5-4-6-10-15/h4-6,9-10H,3,7-8,11-14H2,1-2H3,(H,24,28). The summed E-state index contributed by atoms with van der Waals surface area (Å²) in [4.78, 5) is 26.5. The number of amides is 1. The van der Waals surface area contributed by atoms with Crippen LogP contribution in [0.5, 0.6) is 0 Å². The van der Waals surface area contributed by atoms with Gasteiger partial charge in [-0.15, -0.1) is 21.5 Å². The van der Waals surface area contributed by atoms with Crippen LogP contribution in [0.1, 0.15) is 52.0 Å². The van der Waals surface area contributed by atoms with Crippen molar-refractivity contribution in [3.05, 3.63) is 57.7 Å². The van der Waals surface area contributed by atoms with Gasteiger partial charge in [0.1, 0.15) is 10.8 Å². The summed E-state index contributed by atoms with van der Waals surface area (Å²) in [6.45, 7) is 2.10. The molecule has 0 saturated carbocycles. The Morgan fingerprint density at radius 3 is 2.75 bits per heavy atom. The molecule has 0 unspecified atom stereocenters. The van der Waals surface area contributed by atoms with E-state index >= 15 is 0 Å². The molecule has 9 heteroatoms. The van der Waals surface area contributed by atoms with Gasteiger partial charge in [0.15, 0.2) is 5.16 Å². The number of thiophene rings is 1. The first-order chi connectivity index (χ1) is 15.6. The third-order valence-corrected chi connectivity index (χ3v) is 7.59. The zero-order valence-electron chi connectivity index (χ0n) is 18.2. The highest BCUT2D eigenvalue weighted by atomic mass is 32.2. The van der Waals surface area contributed by atoms with Gasteiger partial charge in [0.2, 0.25) is 5.91 Å². The molecule has 0 fully saturated rings. The molecule has 4 rings (SSSR count). The highest BCUT2D eigenvalue weighted by Gasteiger charge is 2.27. The fraction of sp³-hybridized carbons (Fsp3) is 0.391. The molecule has 2 heterocycles. The zero-order valence-corrected chi connectivity index (χ0v) is 19.9. The minimum Gasteiger partial charge on any atom is -0.462 e. The van der Waals surface area contributed by atoms with E-state index in [9.17, 15) is 9.59 Å². The number of rotatable bonds is 8. The first kappa shape index (κ1) is 22.5. The Balaban J connectivity index is 1.42. The van der Waals surface area contributed by atoms with Crippen LogP contribution >= 0.6 is 23.1 Å². The maximum Gasteiger partial charge on any atom is 0.341 e.